The van der Waals surface area contributed by atoms with Crippen LogP contribution >= 0.6 is 0 Å². The van der Waals surface area contributed by atoms with Gasteiger partial charge in [-0.1, -0.05) is 19.3 Å². The van der Waals surface area contributed by atoms with Crippen LogP contribution in [0.15, 0.2) is 12.4 Å². The predicted octanol–water partition coefficient (Wildman–Crippen LogP) is 1.84. The molecule has 1 aliphatic carbocycles. The van der Waals surface area contributed by atoms with Crippen molar-refractivity contribution in [2.24, 2.45) is 0 Å². The summed E-state index contributed by atoms with van der Waals surface area (Å²) in [6.07, 6.45) is 9.36. The summed E-state index contributed by atoms with van der Waals surface area (Å²) in [6.45, 7) is 1.17. The van der Waals surface area contributed by atoms with Gasteiger partial charge in [0.1, 0.15) is 12.2 Å². The van der Waals surface area contributed by atoms with Crippen molar-refractivity contribution in [1.29, 1.82) is 5.26 Å². The number of hydrogen-bond donors (Lipinski definition) is 1. The first-order chi connectivity index (χ1) is 11.3. The Hall–Kier alpha value is -2.36. The lowest BCUT2D eigenvalue weighted by atomic mass is 9.96. The van der Waals surface area contributed by atoms with Crippen molar-refractivity contribution in [1.82, 2.24) is 20.2 Å². The van der Waals surface area contributed by atoms with Crippen molar-refractivity contribution in [3.63, 3.8) is 0 Å². The smallest absolute Gasteiger partial charge is 0.317 e. The van der Waals surface area contributed by atoms with E-state index in [0.717, 1.165) is 19.3 Å². The predicted molar refractivity (Wildman–Crippen MR) is 82.8 cm³/mol. The average Bonchev–Trinajstić information content (AvgIpc) is 3.05. The number of hydrogen-bond acceptors (Lipinski definition) is 5. The van der Waals surface area contributed by atoms with E-state index in [4.69, 9.17) is 10.00 Å². The van der Waals surface area contributed by atoms with Crippen LogP contribution in [0.4, 0.5) is 4.79 Å². The van der Waals surface area contributed by atoms with Gasteiger partial charge in [-0.05, 0) is 12.8 Å². The molecule has 1 aliphatic heterocycles. The van der Waals surface area contributed by atoms with Gasteiger partial charge >= 0.3 is 6.03 Å². The summed E-state index contributed by atoms with van der Waals surface area (Å²) < 4.78 is 5.75. The van der Waals surface area contributed by atoms with Gasteiger partial charge in [0.25, 0.3) is 5.88 Å². The molecular formula is C16H21N5O2. The topological polar surface area (TPSA) is 91.1 Å². The van der Waals surface area contributed by atoms with E-state index < -0.39 is 0 Å². The van der Waals surface area contributed by atoms with E-state index in [1.807, 2.05) is 6.07 Å². The molecule has 2 amide bonds. The van der Waals surface area contributed by atoms with Crippen molar-refractivity contribution >= 4 is 6.03 Å². The summed E-state index contributed by atoms with van der Waals surface area (Å²) in [7, 11) is 0. The molecule has 1 N–H and O–H groups in total. The molecular weight excluding hydrogens is 294 g/mol. The molecule has 2 aliphatic rings. The van der Waals surface area contributed by atoms with Crippen LogP contribution in [0, 0.1) is 11.3 Å². The Morgan fingerprint density at radius 2 is 2.04 bits per heavy atom. The Balaban J connectivity index is 1.52. The number of amides is 2. The maximum Gasteiger partial charge on any atom is 0.317 e. The maximum absolute atomic E-state index is 12.3. The zero-order valence-corrected chi connectivity index (χ0v) is 13.1. The molecule has 1 saturated carbocycles. The molecule has 7 heteroatoms. The highest BCUT2D eigenvalue weighted by Gasteiger charge is 2.29. The Morgan fingerprint density at radius 1 is 1.26 bits per heavy atom. The van der Waals surface area contributed by atoms with Gasteiger partial charge in [-0.15, -0.1) is 0 Å². The van der Waals surface area contributed by atoms with Crippen LogP contribution in [0.5, 0.6) is 5.88 Å². The average molecular weight is 315 g/mol. The number of nitrogens with one attached hydrogen (secondary N) is 1. The van der Waals surface area contributed by atoms with Crippen molar-refractivity contribution in [3.8, 4) is 11.9 Å². The number of ether oxygens (including phenoxy) is 1. The van der Waals surface area contributed by atoms with E-state index in [0.29, 0.717) is 19.1 Å². The normalized spacial score (nSPS) is 21.7. The standard InChI is InChI=1S/C16H21N5O2/c17-10-14-15(19-8-7-18-14)23-13-6-9-21(11-13)16(22)20-12-4-2-1-3-5-12/h7-8,12-13H,1-6,9,11H2,(H,20,22). The van der Waals surface area contributed by atoms with Gasteiger partial charge in [0.2, 0.25) is 5.69 Å². The third-order valence-corrected chi connectivity index (χ3v) is 4.41. The number of likely N-dealkylation sites (tertiary alicyclic amines) is 1. The van der Waals surface area contributed by atoms with Gasteiger partial charge in [0.05, 0.1) is 6.54 Å². The summed E-state index contributed by atoms with van der Waals surface area (Å²) in [6, 6.07) is 2.26. The Kier molecular flexibility index (Phi) is 4.91. The van der Waals surface area contributed by atoms with Crippen molar-refractivity contribution < 1.29 is 9.53 Å². The third-order valence-electron chi connectivity index (χ3n) is 4.41. The lowest BCUT2D eigenvalue weighted by Gasteiger charge is -2.26. The van der Waals surface area contributed by atoms with E-state index in [1.165, 1.54) is 31.7 Å². The number of nitrogens with zero attached hydrogens (tertiary/aromatic N) is 4. The SMILES string of the molecule is N#Cc1nccnc1OC1CCN(C(=O)NC2CCCCC2)C1. The second-order valence-electron chi connectivity index (χ2n) is 6.08. The van der Waals surface area contributed by atoms with Crippen LogP contribution in [0.3, 0.4) is 0 Å². The third kappa shape index (κ3) is 3.89. The van der Waals surface area contributed by atoms with Crippen LogP contribution in [0.1, 0.15) is 44.2 Å². The Morgan fingerprint density at radius 3 is 2.83 bits per heavy atom. The molecule has 122 valence electrons. The van der Waals surface area contributed by atoms with Crippen molar-refractivity contribution in [2.45, 2.75) is 50.7 Å². The molecule has 23 heavy (non-hydrogen) atoms. The van der Waals surface area contributed by atoms with Crippen LogP contribution in [0.2, 0.25) is 0 Å². The molecule has 0 radical (unpaired) electrons. The van der Waals surface area contributed by atoms with Gasteiger partial charge < -0.3 is 15.0 Å². The van der Waals surface area contributed by atoms with E-state index in [9.17, 15) is 4.79 Å². The van der Waals surface area contributed by atoms with Crippen LogP contribution < -0.4 is 10.1 Å². The van der Waals surface area contributed by atoms with Gasteiger partial charge in [-0.25, -0.2) is 14.8 Å². The number of rotatable bonds is 3. The first-order valence-corrected chi connectivity index (χ1v) is 8.19. The molecule has 1 saturated heterocycles. The highest BCUT2D eigenvalue weighted by atomic mass is 16.5. The molecule has 1 atom stereocenters. The molecule has 0 aromatic carbocycles. The van der Waals surface area contributed by atoms with Gasteiger partial charge in [-0.3, -0.25) is 0 Å². The zero-order chi connectivity index (χ0) is 16.1. The molecule has 7 nitrogen and oxygen atoms in total. The number of carbonyl (C=O) groups excluding carboxylic acids is 1. The summed E-state index contributed by atoms with van der Waals surface area (Å²) in [5, 5.41) is 12.1. The highest BCUT2D eigenvalue weighted by Crippen LogP contribution is 2.20. The van der Waals surface area contributed by atoms with E-state index in [2.05, 4.69) is 15.3 Å². The lowest BCUT2D eigenvalue weighted by Crippen LogP contribution is -2.45. The second kappa shape index (κ2) is 7.27. The van der Waals surface area contributed by atoms with Gasteiger partial charge in [0, 0.05) is 31.4 Å². The molecule has 3 rings (SSSR count). The van der Waals surface area contributed by atoms with Crippen molar-refractivity contribution in [3.05, 3.63) is 18.1 Å². The fraction of sp³-hybridized carbons (Fsp3) is 0.625. The van der Waals surface area contributed by atoms with E-state index >= 15 is 0 Å². The number of carbonyl (C=O) groups is 1. The van der Waals surface area contributed by atoms with Gasteiger partial charge in [0.15, 0.2) is 0 Å². The Bertz CT molecular complexity index is 594. The first kappa shape index (κ1) is 15.5. The van der Waals surface area contributed by atoms with E-state index in [-0.39, 0.29) is 23.7 Å². The number of aromatic nitrogens is 2. The maximum atomic E-state index is 12.3. The second-order valence-corrected chi connectivity index (χ2v) is 6.08. The zero-order valence-electron chi connectivity index (χ0n) is 13.1. The summed E-state index contributed by atoms with van der Waals surface area (Å²) in [4.78, 5) is 22.1. The van der Waals surface area contributed by atoms with Crippen LogP contribution in [-0.4, -0.2) is 46.1 Å². The van der Waals surface area contributed by atoms with Crippen LogP contribution in [0.25, 0.3) is 0 Å². The van der Waals surface area contributed by atoms with Gasteiger partial charge in [-0.2, -0.15) is 5.26 Å². The first-order valence-electron chi connectivity index (χ1n) is 8.19. The fourth-order valence-electron chi connectivity index (χ4n) is 3.17. The molecule has 1 unspecified atom stereocenters. The minimum atomic E-state index is -0.143. The largest absolute Gasteiger partial charge is 0.470 e. The number of urea groups is 1. The fourth-order valence-corrected chi connectivity index (χ4v) is 3.17. The Labute approximate surface area is 135 Å². The minimum Gasteiger partial charge on any atom is -0.470 e. The minimum absolute atomic E-state index is 0.0114. The molecule has 1 aromatic heterocycles. The molecule has 0 spiro atoms. The van der Waals surface area contributed by atoms with Crippen molar-refractivity contribution in [2.75, 3.05) is 13.1 Å². The lowest BCUT2D eigenvalue weighted by molar-refractivity contribution is 0.178. The van der Waals surface area contributed by atoms with E-state index in [1.54, 1.807) is 4.90 Å². The molecule has 2 heterocycles. The molecule has 0 bridgehead atoms. The monoisotopic (exact) mass is 315 g/mol. The summed E-state index contributed by atoms with van der Waals surface area (Å²) >= 11 is 0. The molecule has 2 fully saturated rings. The molecule has 1 aromatic rings. The summed E-state index contributed by atoms with van der Waals surface area (Å²) in [5.41, 5.74) is 0.178. The highest BCUT2D eigenvalue weighted by molar-refractivity contribution is 5.74. The number of nitriles is 1. The van der Waals surface area contributed by atoms with Crippen LogP contribution in [-0.2, 0) is 0 Å². The quantitative estimate of drug-likeness (QED) is 0.919. The summed E-state index contributed by atoms with van der Waals surface area (Å²) in [5.74, 6) is 0.245.